The van der Waals surface area contributed by atoms with Gasteiger partial charge in [0, 0.05) is 67.7 Å². The summed E-state index contributed by atoms with van der Waals surface area (Å²) in [6, 6.07) is 2.51. The number of benzene rings is 2. The van der Waals surface area contributed by atoms with Gasteiger partial charge in [0.05, 0.1) is 30.2 Å². The SMILES string of the molecule is CC[C@H](C)[C@@H]1NC(=O)[C@H](CC(C)C)N(C)C(=O)C[C@@H](C)NC(=O)[C@H](C2CCCC2)N(C)C(=O)C2(CCC2)NC(=O)C2CCCN2C(=O)[C@H](CCc2ccc(C(F)(F)F)c(Cl)c2)NC(=O)CN(C)C(=O)[C@H](Cc2ccc(C)cc2)N(C)C(=O)CN(C)C(=O)CN(C)C1=O. The minimum atomic E-state index is -4.75. The third-order valence-corrected chi connectivity index (χ3v) is 19.2. The van der Waals surface area contributed by atoms with Gasteiger partial charge in [-0.05, 0) is 119 Å². The molecule has 4 aliphatic rings. The number of carbonyl (C=O) groups is 11. The fourth-order valence-corrected chi connectivity index (χ4v) is 13.1. The van der Waals surface area contributed by atoms with E-state index in [4.69, 9.17) is 11.6 Å². The Morgan fingerprint density at radius 1 is 0.652 bits per heavy atom. The Morgan fingerprint density at radius 3 is 1.85 bits per heavy atom. The Morgan fingerprint density at radius 2 is 1.26 bits per heavy atom. The number of alkyl halides is 3. The van der Waals surface area contributed by atoms with Crippen LogP contribution in [0.1, 0.15) is 140 Å². The van der Waals surface area contributed by atoms with E-state index < -0.39 is 155 Å². The average Bonchev–Trinajstić information content (AvgIpc) is 1.04. The summed E-state index contributed by atoms with van der Waals surface area (Å²) in [5.74, 6) is -7.79. The van der Waals surface area contributed by atoms with E-state index in [9.17, 15) is 61.1 Å². The highest BCUT2D eigenvalue weighted by molar-refractivity contribution is 6.31. The highest BCUT2D eigenvalue weighted by Crippen LogP contribution is 2.38. The molecule has 11 amide bonds. The molecule has 0 radical (unpaired) electrons. The summed E-state index contributed by atoms with van der Waals surface area (Å²) in [7, 11) is 8.46. The van der Waals surface area contributed by atoms with Gasteiger partial charge in [-0.1, -0.05) is 94.5 Å². The molecule has 4 N–H and O–H groups in total. The predicted octanol–water partition coefficient (Wildman–Crippen LogP) is 4.89. The van der Waals surface area contributed by atoms with Crippen molar-refractivity contribution in [3.05, 3.63) is 69.7 Å². The van der Waals surface area contributed by atoms with Crippen molar-refractivity contribution in [3.63, 3.8) is 0 Å². The van der Waals surface area contributed by atoms with E-state index in [-0.39, 0.29) is 69.7 Å². The van der Waals surface area contributed by atoms with Gasteiger partial charge in [-0.2, -0.15) is 13.2 Å². The van der Waals surface area contributed by atoms with E-state index in [1.54, 1.807) is 26.0 Å². The lowest BCUT2D eigenvalue weighted by Crippen LogP contribution is -2.68. The molecule has 4 fully saturated rings. The second kappa shape index (κ2) is 32.0. The molecule has 0 bridgehead atoms. The maximum Gasteiger partial charge on any atom is 0.417 e. The summed E-state index contributed by atoms with van der Waals surface area (Å²) in [5.41, 5.74) is -0.665. The van der Waals surface area contributed by atoms with E-state index in [1.165, 1.54) is 63.1 Å². The third-order valence-electron chi connectivity index (χ3n) is 18.9. The Bertz CT molecular complexity index is 3030. The van der Waals surface area contributed by atoms with Crippen molar-refractivity contribution < 1.29 is 65.9 Å². The second-order valence-corrected chi connectivity index (χ2v) is 26.9. The van der Waals surface area contributed by atoms with Crippen molar-refractivity contribution in [3.8, 4) is 0 Å². The molecule has 8 atom stereocenters. The lowest BCUT2D eigenvalue weighted by molar-refractivity contribution is -0.152. The number of hydrogen-bond donors (Lipinski definition) is 4. The van der Waals surface area contributed by atoms with Gasteiger partial charge in [-0.3, -0.25) is 52.7 Å². The first-order valence-corrected chi connectivity index (χ1v) is 32.5. The summed E-state index contributed by atoms with van der Waals surface area (Å²) in [6.07, 6.45) is -0.297. The molecule has 6 rings (SSSR count). The molecule has 26 heteroatoms. The first-order valence-electron chi connectivity index (χ1n) is 32.1. The zero-order chi connectivity index (χ0) is 68.3. The number of rotatable bonds is 10. The molecule has 2 saturated carbocycles. The van der Waals surface area contributed by atoms with Crippen LogP contribution in [0.4, 0.5) is 13.2 Å². The maximum absolute atomic E-state index is 15.0. The fourth-order valence-electron chi connectivity index (χ4n) is 12.8. The Hall–Kier alpha value is -7.31. The van der Waals surface area contributed by atoms with Crippen LogP contribution in [0.5, 0.6) is 0 Å². The molecule has 22 nitrogen and oxygen atoms in total. The van der Waals surface area contributed by atoms with Crippen LogP contribution < -0.4 is 21.3 Å². The van der Waals surface area contributed by atoms with Crippen molar-refractivity contribution in [2.24, 2.45) is 17.8 Å². The summed E-state index contributed by atoms with van der Waals surface area (Å²) >= 11 is 6.11. The molecule has 2 saturated heterocycles. The predicted molar refractivity (Wildman–Crippen MR) is 339 cm³/mol. The van der Waals surface area contributed by atoms with Crippen LogP contribution in [-0.2, 0) is 71.8 Å². The molecule has 0 aromatic heterocycles. The van der Waals surface area contributed by atoms with Crippen LogP contribution in [0.3, 0.4) is 0 Å². The zero-order valence-electron chi connectivity index (χ0n) is 55.4. The lowest BCUT2D eigenvalue weighted by Gasteiger charge is -2.46. The van der Waals surface area contributed by atoms with Gasteiger partial charge in [0.2, 0.25) is 65.0 Å². The topological polar surface area (TPSA) is 259 Å². The highest BCUT2D eigenvalue weighted by Gasteiger charge is 2.52. The molecule has 2 heterocycles. The average molecular weight is 1310 g/mol. The van der Waals surface area contributed by atoms with Crippen molar-refractivity contribution in [2.45, 2.75) is 192 Å². The first kappa shape index (κ1) is 73.7. The molecule has 2 aliphatic carbocycles. The van der Waals surface area contributed by atoms with Crippen molar-refractivity contribution >= 4 is 76.6 Å². The minimum absolute atomic E-state index is 0.0408. The fraction of sp³-hybridized carbons (Fsp3) is 0.652. The molecule has 508 valence electrons. The quantitative estimate of drug-likeness (QED) is 0.249. The number of halogens is 4. The third kappa shape index (κ3) is 18.5. The second-order valence-electron chi connectivity index (χ2n) is 26.5. The van der Waals surface area contributed by atoms with Gasteiger partial charge in [0.25, 0.3) is 0 Å². The van der Waals surface area contributed by atoms with E-state index in [1.807, 2.05) is 39.8 Å². The highest BCUT2D eigenvalue weighted by atomic mass is 35.5. The lowest BCUT2D eigenvalue weighted by atomic mass is 9.74. The maximum atomic E-state index is 15.0. The Balaban J connectivity index is 1.37. The van der Waals surface area contributed by atoms with Crippen LogP contribution in [0.15, 0.2) is 42.5 Å². The van der Waals surface area contributed by atoms with Gasteiger partial charge in [0.15, 0.2) is 0 Å². The van der Waals surface area contributed by atoms with E-state index in [0.29, 0.717) is 43.2 Å². The normalized spacial score (nSPS) is 25.6. The van der Waals surface area contributed by atoms with Crippen LogP contribution in [0.2, 0.25) is 5.02 Å². The molecular formula is C66H95ClF3N11O11. The van der Waals surface area contributed by atoms with Crippen LogP contribution >= 0.6 is 11.6 Å². The zero-order valence-corrected chi connectivity index (χ0v) is 56.1. The van der Waals surface area contributed by atoms with Crippen LogP contribution in [-0.4, -0.2) is 216 Å². The molecular weight excluding hydrogens is 1220 g/mol. The summed E-state index contributed by atoms with van der Waals surface area (Å²) in [4.78, 5) is 168. The monoisotopic (exact) mass is 1310 g/mol. The molecule has 2 aromatic rings. The van der Waals surface area contributed by atoms with Crippen molar-refractivity contribution in [1.82, 2.24) is 55.6 Å². The van der Waals surface area contributed by atoms with Crippen LogP contribution in [0, 0.1) is 24.7 Å². The van der Waals surface area contributed by atoms with E-state index in [0.717, 1.165) is 50.1 Å². The standard InChI is InChI=1S/C66H95ClF3N11O11/c1-13-41(5)56-63(91)77(9)37-54(84)75(7)38-55(85)79(11)51(35-44-23-21-40(4)22-24-44)62(90)76(8)36-52(82)72-48(28-26-43-25-27-46(47(67)34-43)66(68,69)70)61(89)81-31-16-20-49(81)59(87)74-65(29-17-30-65)64(92)80(12)57(45-18-14-15-19-45)60(88)71-42(6)33-53(83)78(10)50(32-39(2)3)58(86)73-56/h21-25,27,34,39,41-42,45,48-51,56-57H,13-20,26,28-33,35-38H2,1-12H3,(H,71,88)(H,72,82)(H,73,86)(H,74,87)/t41-,42+,48-,49?,50-,51-,56-,57-/m0/s1. The van der Waals surface area contributed by atoms with Crippen molar-refractivity contribution in [1.29, 1.82) is 0 Å². The number of carbonyl (C=O) groups excluding carboxylic acids is 11. The molecule has 1 spiro atoms. The number of fused-ring (bicyclic) bond motifs is 1. The summed E-state index contributed by atoms with van der Waals surface area (Å²) in [6.45, 7) is 9.22. The van der Waals surface area contributed by atoms with Crippen LogP contribution in [0.25, 0.3) is 0 Å². The molecule has 2 aromatic carbocycles. The van der Waals surface area contributed by atoms with Crippen molar-refractivity contribution in [2.75, 3.05) is 68.5 Å². The number of likely N-dealkylation sites (N-methyl/N-ethyl adjacent to an activating group) is 6. The molecule has 92 heavy (non-hydrogen) atoms. The first-order chi connectivity index (χ1) is 43.2. The largest absolute Gasteiger partial charge is 0.417 e. The Labute approximate surface area is 543 Å². The summed E-state index contributed by atoms with van der Waals surface area (Å²) < 4.78 is 41.3. The van der Waals surface area contributed by atoms with Gasteiger partial charge in [0.1, 0.15) is 41.8 Å². The van der Waals surface area contributed by atoms with Gasteiger partial charge >= 0.3 is 6.18 Å². The van der Waals surface area contributed by atoms with E-state index in [2.05, 4.69) is 21.3 Å². The minimum Gasteiger partial charge on any atom is -0.351 e. The van der Waals surface area contributed by atoms with Gasteiger partial charge in [-0.15, -0.1) is 0 Å². The molecule has 1 unspecified atom stereocenters. The summed E-state index contributed by atoms with van der Waals surface area (Å²) in [5, 5.41) is 11.0. The Kier molecular flexibility index (Phi) is 25.7. The smallest absolute Gasteiger partial charge is 0.351 e. The van der Waals surface area contributed by atoms with Gasteiger partial charge in [-0.25, -0.2) is 0 Å². The number of nitrogens with one attached hydrogen (secondary N) is 4. The molecule has 2 aliphatic heterocycles. The van der Waals surface area contributed by atoms with Gasteiger partial charge < -0.3 is 55.6 Å². The number of hydrogen-bond acceptors (Lipinski definition) is 11. The number of nitrogens with zero attached hydrogens (tertiary/aromatic N) is 7. The van der Waals surface area contributed by atoms with E-state index >= 15 is 4.79 Å². The number of aryl methyl sites for hydroxylation is 2. The number of amides is 11.